The predicted octanol–water partition coefficient (Wildman–Crippen LogP) is 2.50. The lowest BCUT2D eigenvalue weighted by atomic mass is 10.1. The Labute approximate surface area is 142 Å². The average Bonchev–Trinajstić information content (AvgIpc) is 2.63. The quantitative estimate of drug-likeness (QED) is 0.875. The van der Waals surface area contributed by atoms with Gasteiger partial charge in [-0.1, -0.05) is 12.1 Å². The lowest BCUT2D eigenvalue weighted by Crippen LogP contribution is -2.45. The van der Waals surface area contributed by atoms with E-state index in [1.165, 1.54) is 12.7 Å². The monoisotopic (exact) mass is 326 g/mol. The number of aromatic hydroxyl groups is 1. The molecule has 0 saturated carbocycles. The molecule has 24 heavy (non-hydrogen) atoms. The van der Waals surface area contributed by atoms with Crippen LogP contribution in [-0.4, -0.2) is 49.3 Å². The smallest absolute Gasteiger partial charge is 0.337 e. The molecule has 0 bridgehead atoms. The van der Waals surface area contributed by atoms with E-state index in [9.17, 15) is 9.90 Å². The molecule has 0 aliphatic carbocycles. The lowest BCUT2D eigenvalue weighted by molar-refractivity contribution is 0.0600. The molecule has 1 aliphatic heterocycles. The van der Waals surface area contributed by atoms with Gasteiger partial charge in [-0.3, -0.25) is 4.90 Å². The zero-order chi connectivity index (χ0) is 16.9. The summed E-state index contributed by atoms with van der Waals surface area (Å²) in [5.41, 5.74) is 2.93. The Kier molecular flexibility index (Phi) is 5.01. The van der Waals surface area contributed by atoms with Gasteiger partial charge in [-0.25, -0.2) is 4.79 Å². The molecule has 0 radical (unpaired) electrons. The summed E-state index contributed by atoms with van der Waals surface area (Å²) in [6.07, 6.45) is 0. The minimum atomic E-state index is -0.302. The maximum absolute atomic E-state index is 11.5. The van der Waals surface area contributed by atoms with Crippen molar-refractivity contribution in [1.29, 1.82) is 0 Å². The molecule has 0 spiro atoms. The molecule has 126 valence electrons. The fraction of sp³-hybridized carbons (Fsp3) is 0.316. The van der Waals surface area contributed by atoms with E-state index in [4.69, 9.17) is 4.74 Å². The van der Waals surface area contributed by atoms with Crippen molar-refractivity contribution in [3.05, 3.63) is 59.7 Å². The molecule has 5 nitrogen and oxygen atoms in total. The minimum absolute atomic E-state index is 0.299. The van der Waals surface area contributed by atoms with E-state index in [-0.39, 0.29) is 5.97 Å². The summed E-state index contributed by atoms with van der Waals surface area (Å²) in [6, 6.07) is 15.0. The first-order chi connectivity index (χ1) is 11.7. The van der Waals surface area contributed by atoms with Crippen molar-refractivity contribution in [2.75, 3.05) is 38.2 Å². The Bertz CT molecular complexity index is 675. The first-order valence-electron chi connectivity index (χ1n) is 8.09. The topological polar surface area (TPSA) is 53.0 Å². The summed E-state index contributed by atoms with van der Waals surface area (Å²) in [5, 5.41) is 9.38. The maximum atomic E-state index is 11.5. The molecule has 2 aromatic carbocycles. The number of carbonyl (C=O) groups excluding carboxylic acids is 1. The van der Waals surface area contributed by atoms with Gasteiger partial charge in [0.15, 0.2) is 0 Å². The summed E-state index contributed by atoms with van der Waals surface area (Å²) in [4.78, 5) is 16.2. The van der Waals surface area contributed by atoms with Crippen molar-refractivity contribution in [3.8, 4) is 5.75 Å². The van der Waals surface area contributed by atoms with Crippen LogP contribution in [0.5, 0.6) is 5.75 Å². The van der Waals surface area contributed by atoms with Gasteiger partial charge in [0, 0.05) is 38.4 Å². The van der Waals surface area contributed by atoms with E-state index in [2.05, 4.69) is 9.80 Å². The van der Waals surface area contributed by atoms with Crippen LogP contribution in [0.2, 0.25) is 0 Å². The lowest BCUT2D eigenvalue weighted by Gasteiger charge is -2.36. The fourth-order valence-electron chi connectivity index (χ4n) is 2.95. The highest BCUT2D eigenvalue weighted by Gasteiger charge is 2.17. The fourth-order valence-corrected chi connectivity index (χ4v) is 2.95. The highest BCUT2D eigenvalue weighted by Crippen LogP contribution is 2.20. The van der Waals surface area contributed by atoms with Gasteiger partial charge in [0.2, 0.25) is 0 Å². The minimum Gasteiger partial charge on any atom is -0.508 e. The van der Waals surface area contributed by atoms with Crippen LogP contribution < -0.4 is 4.90 Å². The number of hydrogen-bond donors (Lipinski definition) is 1. The van der Waals surface area contributed by atoms with Crippen LogP contribution in [0, 0.1) is 0 Å². The maximum Gasteiger partial charge on any atom is 0.337 e. The number of nitrogens with zero attached hydrogens (tertiary/aromatic N) is 2. The van der Waals surface area contributed by atoms with Gasteiger partial charge in [0.05, 0.1) is 12.7 Å². The van der Waals surface area contributed by atoms with Crippen molar-refractivity contribution in [1.82, 2.24) is 4.90 Å². The number of esters is 1. The van der Waals surface area contributed by atoms with Gasteiger partial charge >= 0.3 is 5.97 Å². The van der Waals surface area contributed by atoms with Gasteiger partial charge in [-0.15, -0.1) is 0 Å². The summed E-state index contributed by atoms with van der Waals surface area (Å²) in [5.74, 6) is -0.00292. The zero-order valence-corrected chi connectivity index (χ0v) is 13.8. The number of phenols is 1. The van der Waals surface area contributed by atoms with Gasteiger partial charge in [-0.05, 0) is 42.0 Å². The molecule has 1 heterocycles. The molecule has 1 saturated heterocycles. The molecule has 5 heteroatoms. The molecule has 1 fully saturated rings. The Morgan fingerprint density at radius 2 is 1.62 bits per heavy atom. The van der Waals surface area contributed by atoms with Crippen molar-refractivity contribution in [3.63, 3.8) is 0 Å². The molecule has 0 aromatic heterocycles. The number of piperazine rings is 1. The van der Waals surface area contributed by atoms with Gasteiger partial charge in [0.1, 0.15) is 5.75 Å². The third-order valence-electron chi connectivity index (χ3n) is 4.37. The molecule has 1 N–H and O–H groups in total. The number of carbonyl (C=O) groups is 1. The third kappa shape index (κ3) is 3.86. The molecular weight excluding hydrogens is 304 g/mol. The van der Waals surface area contributed by atoms with E-state index in [1.54, 1.807) is 12.1 Å². The molecule has 0 amide bonds. The van der Waals surface area contributed by atoms with E-state index in [0.717, 1.165) is 38.4 Å². The summed E-state index contributed by atoms with van der Waals surface area (Å²) < 4.78 is 4.72. The predicted molar refractivity (Wildman–Crippen MR) is 93.4 cm³/mol. The molecular formula is C19H22N2O3. The number of anilines is 1. The van der Waals surface area contributed by atoms with Crippen LogP contribution in [0.4, 0.5) is 5.69 Å². The van der Waals surface area contributed by atoms with Crippen LogP contribution in [0.25, 0.3) is 0 Å². The second-order valence-electron chi connectivity index (χ2n) is 5.97. The van der Waals surface area contributed by atoms with Crippen molar-refractivity contribution in [2.24, 2.45) is 0 Å². The van der Waals surface area contributed by atoms with Crippen molar-refractivity contribution < 1.29 is 14.6 Å². The Hall–Kier alpha value is -2.53. The molecule has 3 rings (SSSR count). The van der Waals surface area contributed by atoms with Crippen LogP contribution in [0.15, 0.2) is 48.5 Å². The zero-order valence-electron chi connectivity index (χ0n) is 13.8. The summed E-state index contributed by atoms with van der Waals surface area (Å²) >= 11 is 0. The van der Waals surface area contributed by atoms with Gasteiger partial charge < -0.3 is 14.7 Å². The second kappa shape index (κ2) is 7.36. The number of phenolic OH excluding ortho intramolecular Hbond substituents is 1. The van der Waals surface area contributed by atoms with Crippen LogP contribution in [0.1, 0.15) is 15.9 Å². The first kappa shape index (κ1) is 16.3. The number of methoxy groups -OCH3 is 1. The van der Waals surface area contributed by atoms with Crippen molar-refractivity contribution in [2.45, 2.75) is 6.54 Å². The standard InChI is InChI=1S/C19H22N2O3/c1-24-19(23)16-4-2-15(3-5-16)14-20-10-12-21(13-11-20)17-6-8-18(22)9-7-17/h2-9,22H,10-14H2,1H3. The number of benzene rings is 2. The van der Waals surface area contributed by atoms with E-state index in [1.807, 2.05) is 36.4 Å². The highest BCUT2D eigenvalue weighted by atomic mass is 16.5. The Balaban J connectivity index is 1.53. The van der Waals surface area contributed by atoms with Crippen LogP contribution >= 0.6 is 0 Å². The van der Waals surface area contributed by atoms with Crippen LogP contribution in [-0.2, 0) is 11.3 Å². The average molecular weight is 326 g/mol. The van der Waals surface area contributed by atoms with E-state index < -0.39 is 0 Å². The highest BCUT2D eigenvalue weighted by molar-refractivity contribution is 5.89. The number of ether oxygens (including phenoxy) is 1. The number of hydrogen-bond acceptors (Lipinski definition) is 5. The van der Waals surface area contributed by atoms with E-state index >= 15 is 0 Å². The molecule has 0 unspecified atom stereocenters. The van der Waals surface area contributed by atoms with Gasteiger partial charge in [-0.2, -0.15) is 0 Å². The molecule has 2 aromatic rings. The largest absolute Gasteiger partial charge is 0.508 e. The van der Waals surface area contributed by atoms with E-state index in [0.29, 0.717) is 11.3 Å². The second-order valence-corrected chi connectivity index (χ2v) is 5.97. The van der Waals surface area contributed by atoms with Crippen LogP contribution in [0.3, 0.4) is 0 Å². The third-order valence-corrected chi connectivity index (χ3v) is 4.37. The molecule has 1 aliphatic rings. The number of rotatable bonds is 4. The Morgan fingerprint density at radius 3 is 2.21 bits per heavy atom. The molecule has 0 atom stereocenters. The first-order valence-corrected chi connectivity index (χ1v) is 8.09. The van der Waals surface area contributed by atoms with Gasteiger partial charge in [0.25, 0.3) is 0 Å². The SMILES string of the molecule is COC(=O)c1ccc(CN2CCN(c3ccc(O)cc3)CC2)cc1. The normalized spacial score (nSPS) is 15.3. The van der Waals surface area contributed by atoms with Crippen molar-refractivity contribution >= 4 is 11.7 Å². The Morgan fingerprint density at radius 1 is 1.00 bits per heavy atom. The summed E-state index contributed by atoms with van der Waals surface area (Å²) in [7, 11) is 1.39. The summed E-state index contributed by atoms with van der Waals surface area (Å²) in [6.45, 7) is 4.78.